The predicted octanol–water partition coefficient (Wildman–Crippen LogP) is 2.40. The van der Waals surface area contributed by atoms with E-state index in [1.54, 1.807) is 6.92 Å². The fourth-order valence-electron chi connectivity index (χ4n) is 1.25. The van der Waals surface area contributed by atoms with E-state index >= 15 is 0 Å². The molecule has 0 heterocycles. The van der Waals surface area contributed by atoms with Gasteiger partial charge in [-0.1, -0.05) is 18.2 Å². The Bertz CT molecular complexity index is 402. The molecule has 0 saturated carbocycles. The van der Waals surface area contributed by atoms with Crippen LogP contribution in [0.3, 0.4) is 0 Å². The second-order valence-electron chi connectivity index (χ2n) is 3.21. The summed E-state index contributed by atoms with van der Waals surface area (Å²) >= 11 is 0. The van der Waals surface area contributed by atoms with Crippen LogP contribution in [0.4, 0.5) is 13.2 Å². The van der Waals surface area contributed by atoms with Crippen LogP contribution in [0.5, 0.6) is 0 Å². The van der Waals surface area contributed by atoms with Crippen molar-refractivity contribution in [2.75, 3.05) is 13.3 Å². The average molecular weight is 246 g/mol. The quantitative estimate of drug-likeness (QED) is 0.504. The third-order valence-corrected chi connectivity index (χ3v) is 2.04. The summed E-state index contributed by atoms with van der Waals surface area (Å²) < 4.78 is 42.9. The highest BCUT2D eigenvalue weighted by Gasteiger charge is 2.33. The standard InChI is InChI=1S/C11H13F3N2O/c1-2-17-7-16-10(15)8-5-3-4-6-9(8)11(12,13)14/h3-6H,2,7H2,1H3,(H2,15,16). The molecule has 0 radical (unpaired) electrons. The Labute approximate surface area is 97.1 Å². The Balaban J connectivity index is 3.01. The minimum absolute atomic E-state index is 0.0471. The van der Waals surface area contributed by atoms with E-state index in [4.69, 9.17) is 10.5 Å². The van der Waals surface area contributed by atoms with Gasteiger partial charge in [0, 0.05) is 12.2 Å². The van der Waals surface area contributed by atoms with Crippen molar-refractivity contribution in [2.24, 2.45) is 10.7 Å². The number of halogens is 3. The summed E-state index contributed by atoms with van der Waals surface area (Å²) in [6, 6.07) is 5.04. The number of hydrogen-bond donors (Lipinski definition) is 1. The van der Waals surface area contributed by atoms with Gasteiger partial charge in [-0.05, 0) is 13.0 Å². The maximum atomic E-state index is 12.7. The van der Waals surface area contributed by atoms with Crippen LogP contribution in [0, 0.1) is 0 Å². The molecule has 0 unspecified atom stereocenters. The minimum Gasteiger partial charge on any atom is -0.383 e. The molecule has 0 bridgehead atoms. The number of alkyl halides is 3. The molecule has 1 rings (SSSR count). The SMILES string of the molecule is CCOCN=C(N)c1ccccc1C(F)(F)F. The molecule has 0 amide bonds. The Morgan fingerprint density at radius 1 is 1.35 bits per heavy atom. The number of aliphatic imine (C=N–C) groups is 1. The second-order valence-corrected chi connectivity index (χ2v) is 3.21. The van der Waals surface area contributed by atoms with Crippen LogP contribution in [0.25, 0.3) is 0 Å². The molecule has 6 heteroatoms. The lowest BCUT2D eigenvalue weighted by Gasteiger charge is -2.11. The van der Waals surface area contributed by atoms with Crippen LogP contribution in [-0.4, -0.2) is 19.2 Å². The molecule has 1 aromatic rings. The molecule has 0 spiro atoms. The van der Waals surface area contributed by atoms with E-state index in [-0.39, 0.29) is 18.1 Å². The van der Waals surface area contributed by atoms with E-state index in [9.17, 15) is 13.2 Å². The molecule has 0 saturated heterocycles. The summed E-state index contributed by atoms with van der Waals surface area (Å²) in [5.74, 6) is -0.175. The first kappa shape index (κ1) is 13.5. The number of nitrogens with zero attached hydrogens (tertiary/aromatic N) is 1. The van der Waals surface area contributed by atoms with Crippen molar-refractivity contribution in [3.05, 3.63) is 35.4 Å². The van der Waals surface area contributed by atoms with Crippen LogP contribution < -0.4 is 5.73 Å². The smallest absolute Gasteiger partial charge is 0.383 e. The van der Waals surface area contributed by atoms with Crippen molar-refractivity contribution in [1.29, 1.82) is 0 Å². The zero-order valence-corrected chi connectivity index (χ0v) is 9.29. The van der Waals surface area contributed by atoms with E-state index in [1.807, 2.05) is 0 Å². The Kier molecular flexibility index (Phi) is 4.51. The predicted molar refractivity (Wildman–Crippen MR) is 58.7 cm³/mol. The molecule has 0 aromatic heterocycles. The molecule has 0 atom stereocenters. The van der Waals surface area contributed by atoms with Crippen LogP contribution in [-0.2, 0) is 10.9 Å². The maximum Gasteiger partial charge on any atom is 0.417 e. The number of amidine groups is 1. The number of hydrogen-bond acceptors (Lipinski definition) is 2. The molecule has 3 nitrogen and oxygen atoms in total. The van der Waals surface area contributed by atoms with E-state index < -0.39 is 11.7 Å². The average Bonchev–Trinajstić information content (AvgIpc) is 2.28. The van der Waals surface area contributed by atoms with E-state index in [2.05, 4.69) is 4.99 Å². The van der Waals surface area contributed by atoms with E-state index in [0.29, 0.717) is 6.61 Å². The van der Waals surface area contributed by atoms with Crippen LogP contribution in [0.2, 0.25) is 0 Å². The largest absolute Gasteiger partial charge is 0.417 e. The van der Waals surface area contributed by atoms with E-state index in [0.717, 1.165) is 6.07 Å². The van der Waals surface area contributed by atoms with Crippen molar-refractivity contribution >= 4 is 5.84 Å². The molecule has 94 valence electrons. The molecular formula is C11H13F3N2O. The monoisotopic (exact) mass is 246 g/mol. The Morgan fingerprint density at radius 3 is 2.59 bits per heavy atom. The highest BCUT2D eigenvalue weighted by Crippen LogP contribution is 2.31. The van der Waals surface area contributed by atoms with Gasteiger partial charge in [-0.15, -0.1) is 0 Å². The van der Waals surface area contributed by atoms with Crippen molar-refractivity contribution in [3.8, 4) is 0 Å². The highest BCUT2D eigenvalue weighted by molar-refractivity contribution is 5.98. The topological polar surface area (TPSA) is 47.6 Å². The zero-order valence-electron chi connectivity index (χ0n) is 9.29. The third kappa shape index (κ3) is 3.74. The van der Waals surface area contributed by atoms with Crippen LogP contribution in [0.1, 0.15) is 18.1 Å². The van der Waals surface area contributed by atoms with Gasteiger partial charge in [0.05, 0.1) is 5.56 Å². The molecule has 1 aromatic carbocycles. The van der Waals surface area contributed by atoms with Crippen LogP contribution in [0.15, 0.2) is 29.3 Å². The number of nitrogens with two attached hydrogens (primary N) is 1. The first-order valence-corrected chi connectivity index (χ1v) is 5.01. The molecule has 0 aliphatic rings. The summed E-state index contributed by atoms with van der Waals surface area (Å²) in [6.07, 6.45) is -4.44. The number of rotatable bonds is 4. The van der Waals surface area contributed by atoms with Crippen molar-refractivity contribution in [2.45, 2.75) is 13.1 Å². The first-order valence-electron chi connectivity index (χ1n) is 5.01. The van der Waals surface area contributed by atoms with Crippen molar-refractivity contribution in [1.82, 2.24) is 0 Å². The Morgan fingerprint density at radius 2 is 2.00 bits per heavy atom. The molecule has 0 aliphatic heterocycles. The highest BCUT2D eigenvalue weighted by atomic mass is 19.4. The van der Waals surface area contributed by atoms with Gasteiger partial charge < -0.3 is 10.5 Å². The number of ether oxygens (including phenoxy) is 1. The number of benzene rings is 1. The molecule has 0 aliphatic carbocycles. The normalized spacial score (nSPS) is 12.8. The minimum atomic E-state index is -4.44. The fourth-order valence-corrected chi connectivity index (χ4v) is 1.25. The molecular weight excluding hydrogens is 233 g/mol. The van der Waals surface area contributed by atoms with Gasteiger partial charge in [0.2, 0.25) is 0 Å². The van der Waals surface area contributed by atoms with Gasteiger partial charge >= 0.3 is 6.18 Å². The third-order valence-electron chi connectivity index (χ3n) is 2.04. The Hall–Kier alpha value is -1.56. The summed E-state index contributed by atoms with van der Waals surface area (Å²) in [4.78, 5) is 3.73. The lowest BCUT2D eigenvalue weighted by molar-refractivity contribution is -0.137. The summed E-state index contributed by atoms with van der Waals surface area (Å²) in [5, 5.41) is 0. The first-order chi connectivity index (χ1) is 7.96. The fraction of sp³-hybridized carbons (Fsp3) is 0.364. The molecule has 17 heavy (non-hydrogen) atoms. The van der Waals surface area contributed by atoms with Gasteiger partial charge in [0.25, 0.3) is 0 Å². The lowest BCUT2D eigenvalue weighted by atomic mass is 10.1. The zero-order chi connectivity index (χ0) is 12.9. The maximum absolute atomic E-state index is 12.7. The van der Waals surface area contributed by atoms with Gasteiger partial charge in [0.15, 0.2) is 0 Å². The van der Waals surface area contributed by atoms with Gasteiger partial charge in [-0.25, -0.2) is 4.99 Å². The molecule has 0 fully saturated rings. The summed E-state index contributed by atoms with van der Waals surface area (Å²) in [7, 11) is 0. The van der Waals surface area contributed by atoms with E-state index in [1.165, 1.54) is 18.2 Å². The van der Waals surface area contributed by atoms with Crippen molar-refractivity contribution < 1.29 is 17.9 Å². The van der Waals surface area contributed by atoms with Crippen LogP contribution >= 0.6 is 0 Å². The summed E-state index contributed by atoms with van der Waals surface area (Å²) in [5.41, 5.74) is 4.58. The van der Waals surface area contributed by atoms with Crippen molar-refractivity contribution in [3.63, 3.8) is 0 Å². The molecule has 2 N–H and O–H groups in total. The van der Waals surface area contributed by atoms with Gasteiger partial charge in [0.1, 0.15) is 12.6 Å². The van der Waals surface area contributed by atoms with Gasteiger partial charge in [-0.3, -0.25) is 0 Å². The van der Waals surface area contributed by atoms with Gasteiger partial charge in [-0.2, -0.15) is 13.2 Å². The summed E-state index contributed by atoms with van der Waals surface area (Å²) in [6.45, 7) is 2.14. The second kappa shape index (κ2) is 5.67. The lowest BCUT2D eigenvalue weighted by Crippen LogP contribution is -2.20.